The van der Waals surface area contributed by atoms with Gasteiger partial charge in [0, 0.05) is 11.8 Å². The monoisotopic (exact) mass is 190 g/mol. The molecular weight excluding hydrogens is 176 g/mol. The number of fused-ring (bicyclic) bond motifs is 1. The SMILES string of the molecule is CC1(C)CC2C=CC1c1cscc12. The quantitative estimate of drug-likeness (QED) is 0.544. The molecule has 1 heteroatoms. The molecule has 1 heterocycles. The third kappa shape index (κ3) is 0.912. The van der Waals surface area contributed by atoms with Gasteiger partial charge < -0.3 is 0 Å². The van der Waals surface area contributed by atoms with Crippen LogP contribution in [0.2, 0.25) is 0 Å². The predicted octanol–water partition coefficient (Wildman–Crippen LogP) is 3.92. The summed E-state index contributed by atoms with van der Waals surface area (Å²) in [6.45, 7) is 4.80. The van der Waals surface area contributed by atoms with Crippen LogP contribution in [-0.2, 0) is 0 Å². The summed E-state index contributed by atoms with van der Waals surface area (Å²) < 4.78 is 0. The summed E-state index contributed by atoms with van der Waals surface area (Å²) in [5, 5.41) is 4.68. The molecule has 0 spiro atoms. The molecule has 3 aliphatic rings. The number of hydrogen-bond acceptors (Lipinski definition) is 1. The Hall–Kier alpha value is -0.560. The van der Waals surface area contributed by atoms with Gasteiger partial charge in [0.05, 0.1) is 0 Å². The van der Waals surface area contributed by atoms with E-state index in [0.29, 0.717) is 17.3 Å². The average molecular weight is 190 g/mol. The van der Waals surface area contributed by atoms with Gasteiger partial charge >= 0.3 is 0 Å². The van der Waals surface area contributed by atoms with Gasteiger partial charge in [-0.05, 0) is 33.7 Å². The van der Waals surface area contributed by atoms with Crippen LogP contribution in [0.4, 0.5) is 0 Å². The van der Waals surface area contributed by atoms with Gasteiger partial charge in [-0.1, -0.05) is 26.0 Å². The highest BCUT2D eigenvalue weighted by Crippen LogP contribution is 2.55. The summed E-state index contributed by atoms with van der Waals surface area (Å²) in [7, 11) is 0. The molecule has 4 rings (SSSR count). The van der Waals surface area contributed by atoms with E-state index in [1.165, 1.54) is 6.42 Å². The zero-order valence-corrected chi connectivity index (χ0v) is 8.90. The molecule has 3 aliphatic carbocycles. The summed E-state index contributed by atoms with van der Waals surface area (Å²) in [4.78, 5) is 0. The fraction of sp³-hybridized carbons (Fsp3) is 0.500. The van der Waals surface area contributed by atoms with E-state index < -0.39 is 0 Å². The van der Waals surface area contributed by atoms with Crippen LogP contribution < -0.4 is 0 Å². The molecule has 0 saturated heterocycles. The van der Waals surface area contributed by atoms with Gasteiger partial charge in [-0.25, -0.2) is 0 Å². The van der Waals surface area contributed by atoms with Gasteiger partial charge in [0.1, 0.15) is 0 Å². The Labute approximate surface area is 83.3 Å². The fourth-order valence-electron chi connectivity index (χ4n) is 2.88. The number of thiophene rings is 1. The van der Waals surface area contributed by atoms with Crippen molar-refractivity contribution in [2.45, 2.75) is 32.1 Å². The third-order valence-corrected chi connectivity index (χ3v) is 4.36. The number of hydrogen-bond donors (Lipinski definition) is 0. The standard InChI is InChI=1S/C12H14S/c1-12(2)5-8-3-4-11(12)10-7-13-6-9(8)10/h3-4,6-8,11H,5H2,1-2H3. The molecule has 1 aromatic heterocycles. The van der Waals surface area contributed by atoms with Crippen LogP contribution in [-0.4, -0.2) is 0 Å². The molecule has 0 saturated carbocycles. The largest absolute Gasteiger partial charge is 0.152 e. The highest BCUT2D eigenvalue weighted by atomic mass is 32.1. The Morgan fingerprint density at radius 1 is 1.23 bits per heavy atom. The zero-order chi connectivity index (χ0) is 9.05. The van der Waals surface area contributed by atoms with Crippen molar-refractivity contribution < 1.29 is 0 Å². The lowest BCUT2D eigenvalue weighted by molar-refractivity contribution is 0.252. The van der Waals surface area contributed by atoms with Crippen molar-refractivity contribution >= 4 is 11.3 Å². The molecule has 13 heavy (non-hydrogen) atoms. The van der Waals surface area contributed by atoms with E-state index >= 15 is 0 Å². The highest BCUT2D eigenvalue weighted by molar-refractivity contribution is 7.08. The molecule has 2 atom stereocenters. The van der Waals surface area contributed by atoms with Gasteiger partial charge in [0.2, 0.25) is 0 Å². The Bertz CT molecular complexity index is 370. The minimum absolute atomic E-state index is 0.480. The molecule has 0 nitrogen and oxygen atoms in total. The molecule has 0 fully saturated rings. The fourth-order valence-corrected chi connectivity index (χ4v) is 3.83. The van der Waals surface area contributed by atoms with Crippen LogP contribution in [0.3, 0.4) is 0 Å². The van der Waals surface area contributed by atoms with Crippen molar-refractivity contribution in [3.63, 3.8) is 0 Å². The van der Waals surface area contributed by atoms with Crippen molar-refractivity contribution in [3.05, 3.63) is 34.0 Å². The first-order valence-corrected chi connectivity index (χ1v) is 5.87. The number of allylic oxidation sites excluding steroid dienone is 2. The zero-order valence-electron chi connectivity index (χ0n) is 8.08. The van der Waals surface area contributed by atoms with Crippen molar-refractivity contribution in [2.24, 2.45) is 5.41 Å². The van der Waals surface area contributed by atoms with E-state index in [0.717, 1.165) is 0 Å². The molecule has 0 amide bonds. The molecule has 2 unspecified atom stereocenters. The van der Waals surface area contributed by atoms with E-state index in [1.54, 1.807) is 11.1 Å². The molecule has 1 aromatic rings. The molecular formula is C12H14S. The number of rotatable bonds is 0. The third-order valence-electron chi connectivity index (χ3n) is 3.58. The van der Waals surface area contributed by atoms with Gasteiger partial charge in [0.25, 0.3) is 0 Å². The van der Waals surface area contributed by atoms with Crippen molar-refractivity contribution in [2.75, 3.05) is 0 Å². The minimum atomic E-state index is 0.480. The van der Waals surface area contributed by atoms with Crippen LogP contribution >= 0.6 is 11.3 Å². The maximum absolute atomic E-state index is 2.42. The first-order chi connectivity index (χ1) is 6.18. The highest BCUT2D eigenvalue weighted by Gasteiger charge is 2.41. The van der Waals surface area contributed by atoms with Crippen molar-refractivity contribution in [1.29, 1.82) is 0 Å². The maximum atomic E-state index is 2.42. The van der Waals surface area contributed by atoms with E-state index in [9.17, 15) is 0 Å². The molecule has 0 N–H and O–H groups in total. The van der Waals surface area contributed by atoms with E-state index in [-0.39, 0.29) is 0 Å². The van der Waals surface area contributed by atoms with Crippen LogP contribution in [0.5, 0.6) is 0 Å². The summed E-state index contributed by atoms with van der Waals surface area (Å²) in [5.41, 5.74) is 3.69. The van der Waals surface area contributed by atoms with Gasteiger partial charge in [0.15, 0.2) is 0 Å². The van der Waals surface area contributed by atoms with Crippen molar-refractivity contribution in [1.82, 2.24) is 0 Å². The topological polar surface area (TPSA) is 0 Å². The second-order valence-electron chi connectivity index (χ2n) is 4.94. The lowest BCUT2D eigenvalue weighted by Gasteiger charge is -2.44. The predicted molar refractivity (Wildman–Crippen MR) is 57.3 cm³/mol. The van der Waals surface area contributed by atoms with Crippen LogP contribution in [0.25, 0.3) is 0 Å². The Morgan fingerprint density at radius 2 is 2.00 bits per heavy atom. The Kier molecular flexibility index (Phi) is 1.36. The lowest BCUT2D eigenvalue weighted by Crippen LogP contribution is -2.31. The first-order valence-electron chi connectivity index (χ1n) is 4.93. The molecule has 68 valence electrons. The minimum Gasteiger partial charge on any atom is -0.152 e. The first kappa shape index (κ1) is 7.81. The van der Waals surface area contributed by atoms with E-state index in [2.05, 4.69) is 36.8 Å². The summed E-state index contributed by atoms with van der Waals surface area (Å²) in [6.07, 6.45) is 6.16. The lowest BCUT2D eigenvalue weighted by atomic mass is 9.60. The smallest absolute Gasteiger partial charge is 0.00809 e. The van der Waals surface area contributed by atoms with E-state index in [1.807, 2.05) is 11.3 Å². The summed E-state index contributed by atoms with van der Waals surface area (Å²) >= 11 is 1.86. The van der Waals surface area contributed by atoms with Crippen LogP contribution in [0.15, 0.2) is 22.9 Å². The molecule has 0 radical (unpaired) electrons. The maximum Gasteiger partial charge on any atom is 0.00809 e. The van der Waals surface area contributed by atoms with Gasteiger partial charge in [-0.2, -0.15) is 11.3 Å². The second-order valence-corrected chi connectivity index (χ2v) is 5.69. The van der Waals surface area contributed by atoms with Gasteiger partial charge in [-0.3, -0.25) is 0 Å². The second kappa shape index (κ2) is 2.27. The molecule has 0 aliphatic heterocycles. The van der Waals surface area contributed by atoms with Crippen LogP contribution in [0, 0.1) is 5.41 Å². The van der Waals surface area contributed by atoms with Crippen LogP contribution in [0.1, 0.15) is 43.2 Å². The van der Waals surface area contributed by atoms with Crippen molar-refractivity contribution in [3.8, 4) is 0 Å². The normalized spacial score (nSPS) is 33.4. The molecule has 0 aromatic carbocycles. The molecule has 2 bridgehead atoms. The summed E-state index contributed by atoms with van der Waals surface area (Å²) in [5.74, 6) is 1.39. The summed E-state index contributed by atoms with van der Waals surface area (Å²) in [6, 6.07) is 0. The average Bonchev–Trinajstić information content (AvgIpc) is 2.51. The Morgan fingerprint density at radius 3 is 2.77 bits per heavy atom. The Balaban J connectivity index is 2.22. The van der Waals surface area contributed by atoms with Gasteiger partial charge in [-0.15, -0.1) is 0 Å². The van der Waals surface area contributed by atoms with E-state index in [4.69, 9.17) is 0 Å².